The van der Waals surface area contributed by atoms with Crippen molar-refractivity contribution >= 4 is 17.8 Å². The van der Waals surface area contributed by atoms with Crippen LogP contribution < -0.4 is 10.2 Å². The third-order valence-electron chi connectivity index (χ3n) is 4.33. The first-order chi connectivity index (χ1) is 12.3. The summed E-state index contributed by atoms with van der Waals surface area (Å²) in [6.07, 6.45) is 7.37. The van der Waals surface area contributed by atoms with Crippen LogP contribution in [0.3, 0.4) is 0 Å². The van der Waals surface area contributed by atoms with Gasteiger partial charge in [0.15, 0.2) is 0 Å². The van der Waals surface area contributed by atoms with Crippen molar-refractivity contribution in [2.24, 2.45) is 0 Å². The van der Waals surface area contributed by atoms with Gasteiger partial charge in [0.2, 0.25) is 5.95 Å². The van der Waals surface area contributed by atoms with Crippen molar-refractivity contribution in [1.82, 2.24) is 14.9 Å². The van der Waals surface area contributed by atoms with E-state index in [0.29, 0.717) is 0 Å². The Bertz CT molecular complexity index is 663. The Morgan fingerprint density at radius 2 is 1.88 bits per heavy atom. The molecule has 1 fully saturated rings. The van der Waals surface area contributed by atoms with Crippen molar-refractivity contribution in [3.05, 3.63) is 54.2 Å². The maximum atomic E-state index is 4.63. The molecule has 5 nitrogen and oxygen atoms in total. The molecule has 1 saturated heterocycles. The largest absolute Gasteiger partial charge is 0.370 e. The second-order valence-corrected chi connectivity index (χ2v) is 6.27. The number of nitrogens with one attached hydrogen (secondary N) is 1. The first-order valence-electron chi connectivity index (χ1n) is 9.11. The molecule has 2 heterocycles. The zero-order chi connectivity index (χ0) is 17.3. The monoisotopic (exact) mass is 337 g/mol. The highest BCUT2D eigenvalue weighted by molar-refractivity contribution is 5.48. The van der Waals surface area contributed by atoms with Crippen LogP contribution in [0, 0.1) is 0 Å². The number of aromatic nitrogens is 2. The van der Waals surface area contributed by atoms with E-state index in [0.717, 1.165) is 57.5 Å². The fourth-order valence-corrected chi connectivity index (χ4v) is 2.88. The van der Waals surface area contributed by atoms with Gasteiger partial charge in [0, 0.05) is 45.5 Å². The summed E-state index contributed by atoms with van der Waals surface area (Å²) < 4.78 is 0. The van der Waals surface area contributed by atoms with Crippen LogP contribution in [-0.2, 0) is 0 Å². The first-order valence-corrected chi connectivity index (χ1v) is 9.11. The lowest BCUT2D eigenvalue weighted by Crippen LogP contribution is -2.47. The lowest BCUT2D eigenvalue weighted by atomic mass is 10.2. The number of hydrogen-bond donors (Lipinski definition) is 1. The van der Waals surface area contributed by atoms with E-state index in [2.05, 4.69) is 68.4 Å². The van der Waals surface area contributed by atoms with Gasteiger partial charge in [-0.3, -0.25) is 4.90 Å². The van der Waals surface area contributed by atoms with Gasteiger partial charge in [0.05, 0.1) is 0 Å². The zero-order valence-corrected chi connectivity index (χ0v) is 14.9. The minimum absolute atomic E-state index is 0.834. The minimum Gasteiger partial charge on any atom is -0.370 e. The Labute approximate surface area is 150 Å². The Morgan fingerprint density at radius 1 is 1.08 bits per heavy atom. The van der Waals surface area contributed by atoms with Crippen molar-refractivity contribution in [3.63, 3.8) is 0 Å². The van der Waals surface area contributed by atoms with Crippen LogP contribution in [0.1, 0.15) is 18.9 Å². The third-order valence-corrected chi connectivity index (χ3v) is 4.33. The molecule has 1 N–H and O–H groups in total. The average molecular weight is 337 g/mol. The first kappa shape index (κ1) is 17.4. The van der Waals surface area contributed by atoms with Gasteiger partial charge in [0.25, 0.3) is 0 Å². The molecule has 0 aliphatic carbocycles. The molecule has 132 valence electrons. The van der Waals surface area contributed by atoms with E-state index in [1.165, 1.54) is 5.56 Å². The summed E-state index contributed by atoms with van der Waals surface area (Å²) in [6, 6.07) is 12.4. The number of nitrogens with zero attached hydrogens (tertiary/aromatic N) is 4. The molecule has 0 saturated carbocycles. The van der Waals surface area contributed by atoms with Crippen molar-refractivity contribution in [3.8, 4) is 0 Å². The number of benzene rings is 1. The van der Waals surface area contributed by atoms with Crippen LogP contribution in [0.5, 0.6) is 0 Å². The molecule has 1 aromatic heterocycles. The summed E-state index contributed by atoms with van der Waals surface area (Å²) in [4.78, 5) is 13.8. The Morgan fingerprint density at radius 3 is 2.64 bits per heavy atom. The number of anilines is 2. The van der Waals surface area contributed by atoms with Gasteiger partial charge in [-0.2, -0.15) is 4.98 Å². The summed E-state index contributed by atoms with van der Waals surface area (Å²) in [5.74, 6) is 1.75. The van der Waals surface area contributed by atoms with Gasteiger partial charge < -0.3 is 10.2 Å². The third kappa shape index (κ3) is 5.29. The van der Waals surface area contributed by atoms with Crippen LogP contribution in [0.15, 0.2) is 48.7 Å². The molecular weight excluding hydrogens is 310 g/mol. The molecule has 2 aromatic rings. The van der Waals surface area contributed by atoms with E-state index in [9.17, 15) is 0 Å². The van der Waals surface area contributed by atoms with Crippen LogP contribution in [-0.4, -0.2) is 54.1 Å². The highest BCUT2D eigenvalue weighted by Crippen LogP contribution is 2.13. The van der Waals surface area contributed by atoms with Crippen molar-refractivity contribution < 1.29 is 0 Å². The second kappa shape index (κ2) is 9.18. The van der Waals surface area contributed by atoms with Gasteiger partial charge in [0.1, 0.15) is 5.82 Å². The second-order valence-electron chi connectivity index (χ2n) is 6.27. The standard InChI is InChI=1S/C20H27N5/c1-2-11-21-19-10-12-22-20(23-19)25-16-14-24(15-17-25)13-6-9-18-7-4-3-5-8-18/h3-10,12H,2,11,13-17H2,1H3,(H,21,22,23)/b9-6+. The molecule has 1 aliphatic heterocycles. The van der Waals surface area contributed by atoms with Crippen LogP contribution >= 0.6 is 0 Å². The summed E-state index contributed by atoms with van der Waals surface area (Å²) in [5, 5.41) is 3.33. The molecule has 0 radical (unpaired) electrons. The molecule has 0 amide bonds. The average Bonchev–Trinajstić information content (AvgIpc) is 2.68. The Hall–Kier alpha value is -2.40. The summed E-state index contributed by atoms with van der Waals surface area (Å²) >= 11 is 0. The number of piperazine rings is 1. The Kier molecular flexibility index (Phi) is 6.40. The lowest BCUT2D eigenvalue weighted by molar-refractivity contribution is 0.283. The maximum Gasteiger partial charge on any atom is 0.227 e. The predicted octanol–water partition coefficient (Wildman–Crippen LogP) is 3.13. The zero-order valence-electron chi connectivity index (χ0n) is 14.9. The van der Waals surface area contributed by atoms with Gasteiger partial charge in [-0.05, 0) is 18.1 Å². The van der Waals surface area contributed by atoms with E-state index in [1.54, 1.807) is 0 Å². The van der Waals surface area contributed by atoms with Gasteiger partial charge >= 0.3 is 0 Å². The number of hydrogen-bond acceptors (Lipinski definition) is 5. The maximum absolute atomic E-state index is 4.63. The predicted molar refractivity (Wildman–Crippen MR) is 105 cm³/mol. The fourth-order valence-electron chi connectivity index (χ4n) is 2.88. The van der Waals surface area contributed by atoms with E-state index in [1.807, 2.05) is 18.3 Å². The topological polar surface area (TPSA) is 44.3 Å². The van der Waals surface area contributed by atoms with E-state index in [-0.39, 0.29) is 0 Å². The van der Waals surface area contributed by atoms with Crippen molar-refractivity contribution in [2.75, 3.05) is 49.5 Å². The highest BCUT2D eigenvalue weighted by atomic mass is 15.3. The highest BCUT2D eigenvalue weighted by Gasteiger charge is 2.18. The van der Waals surface area contributed by atoms with Crippen LogP contribution in [0.4, 0.5) is 11.8 Å². The van der Waals surface area contributed by atoms with Gasteiger partial charge in [-0.25, -0.2) is 4.98 Å². The smallest absolute Gasteiger partial charge is 0.227 e. The Balaban J connectivity index is 1.48. The summed E-state index contributed by atoms with van der Waals surface area (Å²) in [6.45, 7) is 8.09. The minimum atomic E-state index is 0.834. The molecule has 25 heavy (non-hydrogen) atoms. The number of rotatable bonds is 7. The molecule has 1 aromatic carbocycles. The quantitative estimate of drug-likeness (QED) is 0.841. The van der Waals surface area contributed by atoms with E-state index in [4.69, 9.17) is 0 Å². The normalized spacial score (nSPS) is 15.6. The molecule has 0 bridgehead atoms. The molecule has 0 unspecified atom stereocenters. The van der Waals surface area contributed by atoms with E-state index >= 15 is 0 Å². The van der Waals surface area contributed by atoms with Crippen LogP contribution in [0.25, 0.3) is 6.08 Å². The molecule has 0 spiro atoms. The lowest BCUT2D eigenvalue weighted by Gasteiger charge is -2.34. The molecule has 0 atom stereocenters. The van der Waals surface area contributed by atoms with Crippen molar-refractivity contribution in [1.29, 1.82) is 0 Å². The van der Waals surface area contributed by atoms with Crippen molar-refractivity contribution in [2.45, 2.75) is 13.3 Å². The fraction of sp³-hybridized carbons (Fsp3) is 0.400. The summed E-state index contributed by atoms with van der Waals surface area (Å²) in [7, 11) is 0. The van der Waals surface area contributed by atoms with Gasteiger partial charge in [-0.1, -0.05) is 49.4 Å². The molecular formula is C20H27N5. The molecule has 5 heteroatoms. The summed E-state index contributed by atoms with van der Waals surface area (Å²) in [5.41, 5.74) is 1.26. The van der Waals surface area contributed by atoms with Crippen LogP contribution in [0.2, 0.25) is 0 Å². The molecule has 1 aliphatic rings. The SMILES string of the molecule is CCCNc1ccnc(N2CCN(C/C=C/c3ccccc3)CC2)n1. The van der Waals surface area contributed by atoms with Gasteiger partial charge in [-0.15, -0.1) is 0 Å². The van der Waals surface area contributed by atoms with E-state index < -0.39 is 0 Å². The molecule has 3 rings (SSSR count).